The predicted molar refractivity (Wildman–Crippen MR) is 103 cm³/mol. The van der Waals surface area contributed by atoms with Crippen LogP contribution in [0.5, 0.6) is 0 Å². The lowest BCUT2D eigenvalue weighted by molar-refractivity contribution is -0.249. The number of nitrogens with zero attached hydrogens (tertiary/aromatic N) is 1. The third-order valence-corrected chi connectivity index (χ3v) is 8.97. The van der Waals surface area contributed by atoms with Crippen molar-refractivity contribution >= 4 is 0 Å². The summed E-state index contributed by atoms with van der Waals surface area (Å²) in [6.45, 7) is 4.33. The van der Waals surface area contributed by atoms with E-state index < -0.39 is 11.8 Å². The van der Waals surface area contributed by atoms with Gasteiger partial charge in [-0.2, -0.15) is 18.4 Å². The smallest absolute Gasteiger partial charge is 0.381 e. The maximum absolute atomic E-state index is 13.5. The third-order valence-electron chi connectivity index (χ3n) is 8.97. The maximum atomic E-state index is 13.5. The van der Waals surface area contributed by atoms with Gasteiger partial charge in [-0.3, -0.25) is 0 Å². The molecule has 0 aromatic carbocycles. The quantitative estimate of drug-likeness (QED) is 0.471. The van der Waals surface area contributed by atoms with Crippen LogP contribution in [-0.4, -0.2) is 30.1 Å². The molecule has 6 heteroatoms. The molecule has 0 bridgehead atoms. The summed E-state index contributed by atoms with van der Waals surface area (Å²) in [5.74, 6) is 0.938. The van der Waals surface area contributed by atoms with Crippen molar-refractivity contribution in [3.63, 3.8) is 0 Å². The highest BCUT2D eigenvalue weighted by molar-refractivity contribution is 5.33. The molecule has 0 aromatic rings. The van der Waals surface area contributed by atoms with Crippen LogP contribution in [0.3, 0.4) is 0 Å². The van der Waals surface area contributed by atoms with Crippen molar-refractivity contribution < 1.29 is 23.0 Å². The highest BCUT2D eigenvalue weighted by Crippen LogP contribution is 2.67. The fourth-order valence-corrected chi connectivity index (χ4v) is 7.42. The van der Waals surface area contributed by atoms with Gasteiger partial charge in [0, 0.05) is 13.2 Å². The number of aliphatic hydroxyl groups is 1. The van der Waals surface area contributed by atoms with Gasteiger partial charge in [0.25, 0.3) is 0 Å². The zero-order valence-corrected chi connectivity index (χ0v) is 17.4. The Labute approximate surface area is 170 Å². The average Bonchev–Trinajstić information content (AvgIpc) is 2.97. The van der Waals surface area contributed by atoms with Gasteiger partial charge in [-0.25, -0.2) is 0 Å². The van der Waals surface area contributed by atoms with Crippen LogP contribution in [0.2, 0.25) is 0 Å². The Morgan fingerprint density at radius 3 is 2.55 bits per heavy atom. The molecule has 1 N–H and O–H groups in total. The fourth-order valence-electron chi connectivity index (χ4n) is 7.42. The molecule has 7 atom stereocenters. The van der Waals surface area contributed by atoms with E-state index in [2.05, 4.69) is 19.9 Å². The summed E-state index contributed by atoms with van der Waals surface area (Å²) >= 11 is 0. The van der Waals surface area contributed by atoms with Crippen LogP contribution < -0.4 is 0 Å². The molecular weight excluding hydrogens is 379 g/mol. The minimum Gasteiger partial charge on any atom is -0.381 e. The molecule has 0 aliphatic heterocycles. The van der Waals surface area contributed by atoms with Gasteiger partial charge in [-0.1, -0.05) is 25.0 Å². The molecule has 3 saturated carbocycles. The van der Waals surface area contributed by atoms with E-state index in [1.807, 2.05) is 0 Å². The molecule has 0 radical (unpaired) electrons. The Balaban J connectivity index is 1.74. The molecule has 4 aliphatic rings. The first kappa shape index (κ1) is 20.9. The number of fused-ring (bicyclic) bond motifs is 5. The van der Waals surface area contributed by atoms with E-state index in [0.29, 0.717) is 24.7 Å². The first-order valence-corrected chi connectivity index (χ1v) is 10.6. The second-order valence-electron chi connectivity index (χ2n) is 10.1. The van der Waals surface area contributed by atoms with E-state index in [9.17, 15) is 23.5 Å². The SMILES string of the molecule is CO[C@H]1CC2(C)/C(=C\C#N)CC[C@H]2C2CCC3=C[C@@](O)(C(F)(F)F)CCC3(C)[C@H]21. The minimum absolute atomic E-state index is 0.0628. The summed E-state index contributed by atoms with van der Waals surface area (Å²) < 4.78 is 46.4. The summed E-state index contributed by atoms with van der Waals surface area (Å²) in [6, 6.07) is 2.20. The maximum Gasteiger partial charge on any atom is 0.420 e. The second kappa shape index (κ2) is 6.59. The Hall–Kier alpha value is -1.32. The Kier molecular flexibility index (Phi) is 4.76. The number of nitriles is 1. The molecule has 4 aliphatic carbocycles. The Morgan fingerprint density at radius 2 is 1.93 bits per heavy atom. The van der Waals surface area contributed by atoms with Crippen LogP contribution in [-0.2, 0) is 4.74 Å². The van der Waals surface area contributed by atoms with Crippen LogP contribution in [0.1, 0.15) is 58.8 Å². The average molecular weight is 409 g/mol. The highest BCUT2D eigenvalue weighted by Gasteiger charge is 2.64. The lowest BCUT2D eigenvalue weighted by Gasteiger charge is -2.60. The van der Waals surface area contributed by atoms with E-state index in [1.54, 1.807) is 13.2 Å². The zero-order valence-electron chi connectivity index (χ0n) is 17.4. The number of alkyl halides is 3. The number of hydrogen-bond acceptors (Lipinski definition) is 3. The normalized spacial score (nSPS) is 48.3. The van der Waals surface area contributed by atoms with E-state index >= 15 is 0 Å². The molecular formula is C23H30F3NO2. The van der Waals surface area contributed by atoms with Crippen molar-refractivity contribution in [2.45, 2.75) is 76.7 Å². The van der Waals surface area contributed by atoms with Gasteiger partial charge >= 0.3 is 6.18 Å². The van der Waals surface area contributed by atoms with Crippen molar-refractivity contribution in [1.29, 1.82) is 5.26 Å². The van der Waals surface area contributed by atoms with Gasteiger partial charge < -0.3 is 9.84 Å². The Morgan fingerprint density at radius 1 is 1.21 bits per heavy atom. The fraction of sp³-hybridized carbons (Fsp3) is 0.783. The number of rotatable bonds is 1. The summed E-state index contributed by atoms with van der Waals surface area (Å²) in [5.41, 5.74) is -1.22. The van der Waals surface area contributed by atoms with Crippen LogP contribution in [0, 0.1) is 39.9 Å². The van der Waals surface area contributed by atoms with Gasteiger partial charge in [-0.05, 0) is 79.6 Å². The largest absolute Gasteiger partial charge is 0.420 e. The summed E-state index contributed by atoms with van der Waals surface area (Å²) in [7, 11) is 1.70. The van der Waals surface area contributed by atoms with Gasteiger partial charge in [0.15, 0.2) is 5.60 Å². The van der Waals surface area contributed by atoms with E-state index in [1.165, 1.54) is 5.57 Å². The Bertz CT molecular complexity index is 797. The molecule has 3 nitrogen and oxygen atoms in total. The molecule has 0 aromatic heterocycles. The van der Waals surface area contributed by atoms with Crippen molar-refractivity contribution in [3.05, 3.63) is 23.3 Å². The van der Waals surface area contributed by atoms with Crippen LogP contribution in [0.4, 0.5) is 13.2 Å². The number of methoxy groups -OCH3 is 1. The minimum atomic E-state index is -4.65. The number of ether oxygens (including phenoxy) is 1. The molecule has 4 rings (SSSR count). The lowest BCUT2D eigenvalue weighted by Crippen LogP contribution is -2.58. The molecule has 160 valence electrons. The molecule has 3 unspecified atom stereocenters. The number of halogens is 3. The van der Waals surface area contributed by atoms with Crippen molar-refractivity contribution in [2.24, 2.45) is 28.6 Å². The molecule has 0 heterocycles. The van der Waals surface area contributed by atoms with E-state index in [-0.39, 0.29) is 29.3 Å². The second-order valence-corrected chi connectivity index (χ2v) is 10.1. The number of allylic oxidation sites excluding steroid dienone is 3. The van der Waals surface area contributed by atoms with Crippen molar-refractivity contribution in [3.8, 4) is 6.07 Å². The van der Waals surface area contributed by atoms with E-state index in [0.717, 1.165) is 37.3 Å². The first-order valence-electron chi connectivity index (χ1n) is 10.6. The first-order chi connectivity index (χ1) is 13.5. The van der Waals surface area contributed by atoms with Gasteiger partial charge in [0.1, 0.15) is 0 Å². The molecule has 0 saturated heterocycles. The molecule has 29 heavy (non-hydrogen) atoms. The molecule has 0 amide bonds. The predicted octanol–water partition coefficient (Wildman–Crippen LogP) is 5.32. The summed E-state index contributed by atoms with van der Waals surface area (Å²) in [6.07, 6.45) is 2.31. The summed E-state index contributed by atoms with van der Waals surface area (Å²) in [4.78, 5) is 0. The third kappa shape index (κ3) is 2.84. The molecule has 3 fully saturated rings. The monoisotopic (exact) mass is 409 g/mol. The van der Waals surface area contributed by atoms with Crippen LogP contribution in [0.15, 0.2) is 23.3 Å². The van der Waals surface area contributed by atoms with Crippen LogP contribution in [0.25, 0.3) is 0 Å². The highest BCUT2D eigenvalue weighted by atomic mass is 19.4. The topological polar surface area (TPSA) is 53.2 Å². The zero-order chi connectivity index (χ0) is 21.2. The number of hydrogen-bond donors (Lipinski definition) is 1. The van der Waals surface area contributed by atoms with Gasteiger partial charge in [-0.15, -0.1) is 0 Å². The van der Waals surface area contributed by atoms with Crippen molar-refractivity contribution in [1.82, 2.24) is 0 Å². The summed E-state index contributed by atoms with van der Waals surface area (Å²) in [5, 5.41) is 19.5. The van der Waals surface area contributed by atoms with Crippen LogP contribution >= 0.6 is 0 Å². The molecule has 0 spiro atoms. The van der Waals surface area contributed by atoms with Crippen molar-refractivity contribution in [2.75, 3.05) is 7.11 Å². The van der Waals surface area contributed by atoms with Gasteiger partial charge in [0.05, 0.1) is 12.2 Å². The van der Waals surface area contributed by atoms with E-state index in [4.69, 9.17) is 4.74 Å². The van der Waals surface area contributed by atoms with Gasteiger partial charge in [0.2, 0.25) is 0 Å². The standard InChI is InChI=1S/C23H30F3NO2/c1-20-9-10-22(28,23(24,25)26)12-15(20)4-6-16-17-7-5-14(8-11-27)21(17,2)13-18(29-3)19(16)20/h8,12,16-19,28H,4-7,9-10,13H2,1-3H3/b14-8-/t16?,17-,18-,19+,20?,21?,22+/m0/s1. The lowest BCUT2D eigenvalue weighted by atomic mass is 9.46.